The van der Waals surface area contributed by atoms with Gasteiger partial charge in [0.1, 0.15) is 17.2 Å². The van der Waals surface area contributed by atoms with E-state index >= 15 is 0 Å². The average Bonchev–Trinajstić information content (AvgIpc) is 2.58. The van der Waals surface area contributed by atoms with Crippen molar-refractivity contribution in [2.75, 3.05) is 0 Å². The zero-order valence-corrected chi connectivity index (χ0v) is 15.9. The lowest BCUT2D eigenvalue weighted by Crippen LogP contribution is -2.00. The molecule has 0 aliphatic heterocycles. The van der Waals surface area contributed by atoms with Gasteiger partial charge in [0.15, 0.2) is 0 Å². The molecule has 0 spiro atoms. The van der Waals surface area contributed by atoms with E-state index < -0.39 is 35.8 Å². The van der Waals surface area contributed by atoms with Gasteiger partial charge < -0.3 is 15.3 Å². The minimum Gasteiger partial charge on any atom is -0.508 e. The van der Waals surface area contributed by atoms with Gasteiger partial charge in [0.05, 0.1) is 15.5 Å². The summed E-state index contributed by atoms with van der Waals surface area (Å²) in [6.45, 7) is 0. The predicted octanol–water partition coefficient (Wildman–Crippen LogP) is 2.20. The van der Waals surface area contributed by atoms with Crippen LogP contribution in [0.5, 0.6) is 17.2 Å². The number of phenols is 3. The van der Waals surface area contributed by atoms with Gasteiger partial charge >= 0.3 is 0 Å². The third-order valence-corrected chi connectivity index (χ3v) is 5.57. The van der Waals surface area contributed by atoms with Crippen LogP contribution in [0, 0.1) is 0 Å². The summed E-state index contributed by atoms with van der Waals surface area (Å²) in [7, 11) is -9.43. The summed E-state index contributed by atoms with van der Waals surface area (Å²) in [6.07, 6.45) is 1.10. The Bertz CT molecular complexity index is 1370. The van der Waals surface area contributed by atoms with Crippen LogP contribution in [-0.4, -0.2) is 47.5 Å². The highest BCUT2D eigenvalue weighted by molar-refractivity contribution is 7.86. The fourth-order valence-electron chi connectivity index (χ4n) is 2.60. The van der Waals surface area contributed by atoms with Crippen molar-refractivity contribution in [2.45, 2.75) is 9.79 Å². The minimum atomic E-state index is -4.72. The lowest BCUT2D eigenvalue weighted by Gasteiger charge is -2.09. The average molecular weight is 439 g/mol. The number of hydrogen-bond acceptors (Lipinski definition) is 8. The molecule has 0 aromatic heterocycles. The molecule has 5 N–H and O–H groups in total. The molecule has 3 rings (SSSR count). The topological polar surface area (TPSA) is 182 Å². The summed E-state index contributed by atoms with van der Waals surface area (Å²) < 4.78 is 64.4. The van der Waals surface area contributed by atoms with Gasteiger partial charge in [0, 0.05) is 29.3 Å². The van der Waals surface area contributed by atoms with Crippen molar-refractivity contribution in [1.82, 2.24) is 0 Å². The molecule has 0 unspecified atom stereocenters. The van der Waals surface area contributed by atoms with E-state index in [2.05, 4.69) is 4.99 Å². The van der Waals surface area contributed by atoms with Gasteiger partial charge in [-0.1, -0.05) is 0 Å². The standard InChI is InChI=1S/C17H13NO9S2/c19-11-2-1-9(15(20)5-11)8-18-14-6-12(28(22,23)24)3-10-4-13(29(25,26)27)7-16(21)17(10)14/h1-8,19-21H,(H,22,23,24)(H,25,26,27). The van der Waals surface area contributed by atoms with Crippen LogP contribution in [0.4, 0.5) is 5.69 Å². The van der Waals surface area contributed by atoms with Crippen LogP contribution in [0.3, 0.4) is 0 Å². The molecule has 0 aliphatic carbocycles. The Morgan fingerprint density at radius 2 is 1.34 bits per heavy atom. The highest BCUT2D eigenvalue weighted by Crippen LogP contribution is 2.38. The van der Waals surface area contributed by atoms with E-state index in [0.717, 1.165) is 36.5 Å². The molecule has 29 heavy (non-hydrogen) atoms. The molecular formula is C17H13NO9S2. The number of rotatable bonds is 4. The van der Waals surface area contributed by atoms with Gasteiger partial charge in [-0.25, -0.2) is 0 Å². The van der Waals surface area contributed by atoms with E-state index in [4.69, 9.17) is 0 Å². The first-order chi connectivity index (χ1) is 13.4. The fraction of sp³-hybridized carbons (Fsp3) is 0. The van der Waals surface area contributed by atoms with Crippen LogP contribution < -0.4 is 0 Å². The predicted molar refractivity (Wildman–Crippen MR) is 102 cm³/mol. The van der Waals surface area contributed by atoms with E-state index in [-0.39, 0.29) is 33.5 Å². The largest absolute Gasteiger partial charge is 0.508 e. The molecule has 0 fully saturated rings. The van der Waals surface area contributed by atoms with E-state index in [1.54, 1.807) is 0 Å². The van der Waals surface area contributed by atoms with E-state index in [1.807, 2.05) is 0 Å². The molecule has 0 aliphatic rings. The number of fused-ring (bicyclic) bond motifs is 1. The molecule has 152 valence electrons. The molecule has 0 radical (unpaired) electrons. The molecule has 0 saturated carbocycles. The SMILES string of the molecule is O=S(=O)(O)c1cc(O)c2c(N=Cc3ccc(O)cc3O)cc(S(=O)(=O)O)cc2c1. The van der Waals surface area contributed by atoms with Crippen molar-refractivity contribution in [3.05, 3.63) is 48.0 Å². The summed E-state index contributed by atoms with van der Waals surface area (Å²) in [6, 6.07) is 7.11. The maximum atomic E-state index is 11.6. The van der Waals surface area contributed by atoms with Crippen LogP contribution in [0.15, 0.2) is 57.2 Å². The number of phenolic OH excluding ortho intramolecular Hbond substituents is 3. The Labute approximate surface area is 164 Å². The Morgan fingerprint density at radius 1 is 0.759 bits per heavy atom. The highest BCUT2D eigenvalue weighted by Gasteiger charge is 2.19. The van der Waals surface area contributed by atoms with E-state index in [9.17, 15) is 41.3 Å². The first-order valence-electron chi connectivity index (χ1n) is 7.68. The van der Waals surface area contributed by atoms with Gasteiger partial charge in [0.25, 0.3) is 20.2 Å². The zero-order valence-electron chi connectivity index (χ0n) is 14.3. The third kappa shape index (κ3) is 4.30. The molecule has 12 heteroatoms. The summed E-state index contributed by atoms with van der Waals surface area (Å²) in [4.78, 5) is 2.67. The summed E-state index contributed by atoms with van der Waals surface area (Å²) in [5.74, 6) is -1.16. The molecule has 3 aromatic rings. The third-order valence-electron chi connectivity index (χ3n) is 3.91. The number of nitrogens with zero attached hydrogens (tertiary/aromatic N) is 1. The first kappa shape index (κ1) is 20.5. The van der Waals surface area contributed by atoms with E-state index in [1.165, 1.54) is 12.1 Å². The number of hydrogen-bond donors (Lipinski definition) is 5. The van der Waals surface area contributed by atoms with Crippen molar-refractivity contribution in [2.24, 2.45) is 4.99 Å². The normalized spacial score (nSPS) is 12.6. The monoisotopic (exact) mass is 439 g/mol. The molecule has 10 nitrogen and oxygen atoms in total. The first-order valence-corrected chi connectivity index (χ1v) is 10.6. The number of aliphatic imine (C=N–C) groups is 1. The molecular weight excluding hydrogens is 426 g/mol. The molecule has 0 saturated heterocycles. The molecule has 3 aromatic carbocycles. The number of benzene rings is 3. The Kier molecular flexibility index (Phi) is 4.96. The lowest BCUT2D eigenvalue weighted by molar-refractivity contribution is 0.450. The van der Waals surface area contributed by atoms with Gasteiger partial charge in [-0.05, 0) is 35.7 Å². The second-order valence-corrected chi connectivity index (χ2v) is 8.78. The van der Waals surface area contributed by atoms with Crippen LogP contribution >= 0.6 is 0 Å². The second kappa shape index (κ2) is 7.00. The van der Waals surface area contributed by atoms with Gasteiger partial charge in [-0.3, -0.25) is 14.1 Å². The summed E-state index contributed by atoms with van der Waals surface area (Å²) in [5, 5.41) is 29.2. The number of aromatic hydroxyl groups is 3. The van der Waals surface area contributed by atoms with Crippen LogP contribution in [-0.2, 0) is 20.2 Å². The Balaban J connectivity index is 2.31. The highest BCUT2D eigenvalue weighted by atomic mass is 32.2. The fourth-order valence-corrected chi connectivity index (χ4v) is 3.67. The maximum absolute atomic E-state index is 11.6. The smallest absolute Gasteiger partial charge is 0.294 e. The molecule has 0 atom stereocenters. The quantitative estimate of drug-likeness (QED) is 0.300. The Morgan fingerprint density at radius 3 is 1.90 bits per heavy atom. The van der Waals surface area contributed by atoms with Crippen molar-refractivity contribution in [1.29, 1.82) is 0 Å². The maximum Gasteiger partial charge on any atom is 0.294 e. The zero-order chi connectivity index (χ0) is 21.6. The van der Waals surface area contributed by atoms with Crippen LogP contribution in [0.25, 0.3) is 10.8 Å². The van der Waals surface area contributed by atoms with E-state index in [0.29, 0.717) is 0 Å². The molecule has 0 amide bonds. The van der Waals surface area contributed by atoms with Gasteiger partial charge in [0.2, 0.25) is 0 Å². The lowest BCUT2D eigenvalue weighted by atomic mass is 10.1. The molecule has 0 bridgehead atoms. The van der Waals surface area contributed by atoms with Crippen molar-refractivity contribution in [3.8, 4) is 17.2 Å². The summed E-state index contributed by atoms with van der Waals surface area (Å²) in [5.41, 5.74) is -0.0377. The summed E-state index contributed by atoms with van der Waals surface area (Å²) >= 11 is 0. The second-order valence-electron chi connectivity index (χ2n) is 5.93. The van der Waals surface area contributed by atoms with Crippen molar-refractivity contribution >= 4 is 42.9 Å². The molecule has 0 heterocycles. The van der Waals surface area contributed by atoms with Gasteiger partial charge in [-0.15, -0.1) is 0 Å². The van der Waals surface area contributed by atoms with Crippen LogP contribution in [0.2, 0.25) is 0 Å². The van der Waals surface area contributed by atoms with Crippen molar-refractivity contribution in [3.63, 3.8) is 0 Å². The van der Waals surface area contributed by atoms with Gasteiger partial charge in [-0.2, -0.15) is 16.8 Å². The van der Waals surface area contributed by atoms with Crippen molar-refractivity contribution < 1.29 is 41.3 Å². The minimum absolute atomic E-state index is 0.0701. The van der Waals surface area contributed by atoms with Crippen LogP contribution in [0.1, 0.15) is 5.56 Å². The Hall–Kier alpha value is -3.19.